The third kappa shape index (κ3) is 3.68. The fourth-order valence-electron chi connectivity index (χ4n) is 2.03. The Morgan fingerprint density at radius 2 is 2.29 bits per heavy atom. The van der Waals surface area contributed by atoms with Gasteiger partial charge in [0.25, 0.3) is 0 Å². The summed E-state index contributed by atoms with van der Waals surface area (Å²) in [6.07, 6.45) is 8.04. The summed E-state index contributed by atoms with van der Waals surface area (Å²) in [4.78, 5) is 11.6. The molecule has 1 aliphatic rings. The van der Waals surface area contributed by atoms with Crippen molar-refractivity contribution in [3.63, 3.8) is 0 Å². The van der Waals surface area contributed by atoms with Crippen LogP contribution in [0.1, 0.15) is 36.1 Å². The second-order valence-corrected chi connectivity index (χ2v) is 5.19. The maximum atomic E-state index is 10.5. The van der Waals surface area contributed by atoms with Gasteiger partial charge in [0.2, 0.25) is 0 Å². The topological polar surface area (TPSA) is 46.5 Å². The number of carboxylic acids is 1. The summed E-state index contributed by atoms with van der Waals surface area (Å²) >= 11 is 1.62. The van der Waals surface area contributed by atoms with E-state index in [9.17, 15) is 4.79 Å². The third-order valence-electron chi connectivity index (χ3n) is 2.94. The number of carboxylic acid groups (broad SMARTS) is 1. The first-order chi connectivity index (χ1) is 8.25. The van der Waals surface area contributed by atoms with Crippen molar-refractivity contribution in [3.8, 4) is 0 Å². The van der Waals surface area contributed by atoms with Gasteiger partial charge in [0.05, 0.1) is 12.7 Å². The Hall–Kier alpha value is -1.13. The Morgan fingerprint density at radius 1 is 1.53 bits per heavy atom. The normalized spacial score (nSPS) is 16.9. The molecule has 1 fully saturated rings. The molecule has 0 bridgehead atoms. The highest BCUT2D eigenvalue weighted by Gasteiger charge is 2.15. The lowest BCUT2D eigenvalue weighted by Crippen LogP contribution is -2.06. The van der Waals surface area contributed by atoms with E-state index in [2.05, 4.69) is 0 Å². The molecule has 17 heavy (non-hydrogen) atoms. The molecule has 0 radical (unpaired) electrons. The van der Waals surface area contributed by atoms with E-state index in [0.717, 1.165) is 23.3 Å². The summed E-state index contributed by atoms with van der Waals surface area (Å²) in [7, 11) is 0. The van der Waals surface area contributed by atoms with Gasteiger partial charge < -0.3 is 9.84 Å². The molecular weight excluding hydrogens is 236 g/mol. The van der Waals surface area contributed by atoms with Gasteiger partial charge in [-0.1, -0.05) is 12.8 Å². The predicted molar refractivity (Wildman–Crippen MR) is 68.0 cm³/mol. The van der Waals surface area contributed by atoms with Gasteiger partial charge in [-0.3, -0.25) is 0 Å². The second-order valence-electron chi connectivity index (χ2n) is 4.19. The minimum Gasteiger partial charge on any atom is -0.478 e. The molecule has 3 nitrogen and oxygen atoms in total. The molecule has 0 aromatic carbocycles. The molecule has 1 aromatic rings. The zero-order valence-corrected chi connectivity index (χ0v) is 10.4. The summed E-state index contributed by atoms with van der Waals surface area (Å²) < 4.78 is 5.82. The highest BCUT2D eigenvalue weighted by atomic mass is 32.1. The van der Waals surface area contributed by atoms with Gasteiger partial charge >= 0.3 is 5.97 Å². The first-order valence-electron chi connectivity index (χ1n) is 5.84. The number of rotatable bonds is 5. The molecule has 1 N–H and O–H groups in total. The zero-order chi connectivity index (χ0) is 12.1. The predicted octanol–water partition coefficient (Wildman–Crippen LogP) is 3.31. The van der Waals surface area contributed by atoms with E-state index in [1.807, 2.05) is 11.4 Å². The maximum absolute atomic E-state index is 10.5. The molecular formula is C13H16O3S. The van der Waals surface area contributed by atoms with Crippen LogP contribution in [-0.2, 0) is 16.1 Å². The summed E-state index contributed by atoms with van der Waals surface area (Å²) in [6.45, 7) is 0.599. The van der Waals surface area contributed by atoms with Crippen LogP contribution in [0.3, 0.4) is 0 Å². The van der Waals surface area contributed by atoms with Crippen molar-refractivity contribution in [2.75, 3.05) is 0 Å². The minimum atomic E-state index is -0.918. The third-order valence-corrected chi connectivity index (χ3v) is 3.85. The fraction of sp³-hybridized carbons (Fsp3) is 0.462. The summed E-state index contributed by atoms with van der Waals surface area (Å²) in [5, 5.41) is 10.6. The van der Waals surface area contributed by atoms with Crippen molar-refractivity contribution in [2.45, 2.75) is 38.4 Å². The molecule has 0 aliphatic heterocycles. The van der Waals surface area contributed by atoms with E-state index in [4.69, 9.17) is 9.84 Å². The number of aliphatic carboxylic acids is 1. The molecule has 0 saturated heterocycles. The molecule has 0 unspecified atom stereocenters. The van der Waals surface area contributed by atoms with Crippen LogP contribution in [0.25, 0.3) is 6.08 Å². The number of thiophene rings is 1. The van der Waals surface area contributed by atoms with Crippen molar-refractivity contribution in [3.05, 3.63) is 28.0 Å². The van der Waals surface area contributed by atoms with E-state index < -0.39 is 5.97 Å². The van der Waals surface area contributed by atoms with Crippen molar-refractivity contribution >= 4 is 23.4 Å². The van der Waals surface area contributed by atoms with Crippen LogP contribution in [0.4, 0.5) is 0 Å². The number of hydrogen-bond donors (Lipinski definition) is 1. The lowest BCUT2D eigenvalue weighted by Gasteiger charge is -2.10. The van der Waals surface area contributed by atoms with Crippen LogP contribution in [0.5, 0.6) is 0 Å². The van der Waals surface area contributed by atoms with Crippen molar-refractivity contribution in [1.29, 1.82) is 0 Å². The quantitative estimate of drug-likeness (QED) is 0.818. The van der Waals surface area contributed by atoms with E-state index in [0.29, 0.717) is 12.7 Å². The average molecular weight is 252 g/mol. The van der Waals surface area contributed by atoms with E-state index >= 15 is 0 Å². The summed E-state index contributed by atoms with van der Waals surface area (Å²) in [6, 6.07) is 1.93. The highest BCUT2D eigenvalue weighted by molar-refractivity contribution is 7.10. The fourth-order valence-corrected chi connectivity index (χ4v) is 2.81. The summed E-state index contributed by atoms with van der Waals surface area (Å²) in [5.74, 6) is -0.918. The Kier molecular flexibility index (Phi) is 4.34. The molecule has 0 atom stereocenters. The van der Waals surface area contributed by atoms with Crippen molar-refractivity contribution in [2.24, 2.45) is 0 Å². The van der Waals surface area contributed by atoms with Crippen LogP contribution in [-0.4, -0.2) is 17.2 Å². The lowest BCUT2D eigenvalue weighted by atomic mass is 10.2. The Morgan fingerprint density at radius 3 is 3.00 bits per heavy atom. The first-order valence-corrected chi connectivity index (χ1v) is 6.72. The Labute approximate surface area is 105 Å². The minimum absolute atomic E-state index is 0.397. The second kappa shape index (κ2) is 5.98. The van der Waals surface area contributed by atoms with Crippen LogP contribution >= 0.6 is 11.3 Å². The van der Waals surface area contributed by atoms with Gasteiger partial charge in [-0.25, -0.2) is 4.79 Å². The molecule has 0 amide bonds. The molecule has 1 aromatic heterocycles. The molecule has 2 rings (SSSR count). The largest absolute Gasteiger partial charge is 0.478 e. The number of hydrogen-bond acceptors (Lipinski definition) is 3. The van der Waals surface area contributed by atoms with Crippen LogP contribution in [0.15, 0.2) is 17.5 Å². The van der Waals surface area contributed by atoms with E-state index in [-0.39, 0.29) is 0 Å². The SMILES string of the molecule is O=C(O)C=Cc1ccsc1COC1CCCC1. The van der Waals surface area contributed by atoms with Gasteiger partial charge in [-0.05, 0) is 35.9 Å². The van der Waals surface area contributed by atoms with Crippen LogP contribution in [0.2, 0.25) is 0 Å². The standard InChI is InChI=1S/C13H16O3S/c14-13(15)6-5-10-7-8-17-12(10)9-16-11-3-1-2-4-11/h5-8,11H,1-4,9H2,(H,14,15). The Balaban J connectivity index is 1.91. The number of carbonyl (C=O) groups is 1. The summed E-state index contributed by atoms with van der Waals surface area (Å²) in [5.41, 5.74) is 0.954. The van der Waals surface area contributed by atoms with Crippen LogP contribution < -0.4 is 0 Å². The smallest absolute Gasteiger partial charge is 0.328 e. The van der Waals surface area contributed by atoms with Gasteiger partial charge in [-0.15, -0.1) is 11.3 Å². The average Bonchev–Trinajstić information content (AvgIpc) is 2.95. The van der Waals surface area contributed by atoms with Gasteiger partial charge in [0.15, 0.2) is 0 Å². The van der Waals surface area contributed by atoms with Crippen molar-refractivity contribution < 1.29 is 14.6 Å². The molecule has 1 aliphatic carbocycles. The molecule has 92 valence electrons. The first kappa shape index (κ1) is 12.3. The van der Waals surface area contributed by atoms with Gasteiger partial charge in [0.1, 0.15) is 0 Å². The van der Waals surface area contributed by atoms with Gasteiger partial charge in [0, 0.05) is 11.0 Å². The molecule has 1 saturated carbocycles. The van der Waals surface area contributed by atoms with Gasteiger partial charge in [-0.2, -0.15) is 0 Å². The van der Waals surface area contributed by atoms with E-state index in [1.165, 1.54) is 18.9 Å². The molecule has 0 spiro atoms. The lowest BCUT2D eigenvalue weighted by molar-refractivity contribution is -0.131. The molecule has 1 heterocycles. The highest BCUT2D eigenvalue weighted by Crippen LogP contribution is 2.25. The maximum Gasteiger partial charge on any atom is 0.328 e. The monoisotopic (exact) mass is 252 g/mol. The van der Waals surface area contributed by atoms with Crippen molar-refractivity contribution in [1.82, 2.24) is 0 Å². The Bertz CT molecular complexity index is 403. The zero-order valence-electron chi connectivity index (χ0n) is 9.59. The number of ether oxygens (including phenoxy) is 1. The van der Waals surface area contributed by atoms with Crippen LogP contribution in [0, 0.1) is 0 Å². The van der Waals surface area contributed by atoms with E-state index in [1.54, 1.807) is 17.4 Å². The molecule has 4 heteroatoms.